The van der Waals surface area contributed by atoms with E-state index in [4.69, 9.17) is 11.6 Å². The van der Waals surface area contributed by atoms with Gasteiger partial charge in [-0.3, -0.25) is 9.00 Å². The first kappa shape index (κ1) is 14.7. The summed E-state index contributed by atoms with van der Waals surface area (Å²) in [7, 11) is -1.07. The largest absolute Gasteiger partial charge is 0.293 e. The lowest BCUT2D eigenvalue weighted by Crippen LogP contribution is -2.31. The molecule has 1 aliphatic carbocycles. The summed E-state index contributed by atoms with van der Waals surface area (Å²) in [5, 5.41) is 0.377. The summed E-state index contributed by atoms with van der Waals surface area (Å²) in [4.78, 5) is 12.3. The summed E-state index contributed by atoms with van der Waals surface area (Å²) in [6.07, 6.45) is 5.49. The van der Waals surface area contributed by atoms with Crippen LogP contribution in [0, 0.1) is 0 Å². The summed E-state index contributed by atoms with van der Waals surface area (Å²) in [6.45, 7) is 1.78. The highest BCUT2D eigenvalue weighted by Crippen LogP contribution is 2.25. The van der Waals surface area contributed by atoms with Crippen molar-refractivity contribution in [1.29, 1.82) is 0 Å². The summed E-state index contributed by atoms with van der Waals surface area (Å²) < 4.78 is 12.4. The molecule has 0 aromatic heterocycles. The molecule has 0 saturated heterocycles. The number of hydrogen-bond donors (Lipinski definition) is 0. The lowest BCUT2D eigenvalue weighted by molar-refractivity contribution is 0.0992. The maximum atomic E-state index is 12.4. The SMILES string of the molecule is CC(C(=O)c1ccc(Cl)cc1)S(=O)C1CCCCC1. The van der Waals surface area contributed by atoms with Crippen LogP contribution in [0.4, 0.5) is 0 Å². The van der Waals surface area contributed by atoms with E-state index in [0.29, 0.717) is 10.6 Å². The molecule has 1 aromatic rings. The fourth-order valence-electron chi connectivity index (χ4n) is 2.54. The van der Waals surface area contributed by atoms with Gasteiger partial charge in [-0.25, -0.2) is 0 Å². The molecule has 1 fully saturated rings. The molecule has 1 saturated carbocycles. The van der Waals surface area contributed by atoms with Crippen molar-refractivity contribution in [3.8, 4) is 0 Å². The molecule has 0 heterocycles. The van der Waals surface area contributed by atoms with Crippen LogP contribution in [-0.2, 0) is 10.8 Å². The monoisotopic (exact) mass is 298 g/mol. The average Bonchev–Trinajstić information content (AvgIpc) is 2.46. The molecule has 0 N–H and O–H groups in total. The van der Waals surface area contributed by atoms with Crippen LogP contribution < -0.4 is 0 Å². The van der Waals surface area contributed by atoms with Crippen LogP contribution >= 0.6 is 11.6 Å². The van der Waals surface area contributed by atoms with Gasteiger partial charge in [-0.15, -0.1) is 0 Å². The van der Waals surface area contributed by atoms with Crippen LogP contribution in [0.25, 0.3) is 0 Å². The molecule has 2 nitrogen and oxygen atoms in total. The Bertz CT molecular complexity index is 464. The Labute approximate surface area is 122 Å². The van der Waals surface area contributed by atoms with E-state index in [-0.39, 0.29) is 11.0 Å². The minimum absolute atomic E-state index is 0.0411. The first-order valence-corrected chi connectivity index (χ1v) is 8.44. The summed E-state index contributed by atoms with van der Waals surface area (Å²) in [6, 6.07) is 6.81. The zero-order valence-electron chi connectivity index (χ0n) is 11.1. The summed E-state index contributed by atoms with van der Waals surface area (Å²) >= 11 is 5.81. The quantitative estimate of drug-likeness (QED) is 0.788. The van der Waals surface area contributed by atoms with Gasteiger partial charge in [-0.05, 0) is 44.0 Å². The molecule has 0 bridgehead atoms. The number of hydrogen-bond acceptors (Lipinski definition) is 2. The molecule has 1 aliphatic rings. The predicted molar refractivity (Wildman–Crippen MR) is 80.3 cm³/mol. The van der Waals surface area contributed by atoms with Crippen molar-refractivity contribution in [3.05, 3.63) is 34.9 Å². The Kier molecular flexibility index (Phi) is 5.17. The highest BCUT2D eigenvalue weighted by atomic mass is 35.5. The van der Waals surface area contributed by atoms with Crippen molar-refractivity contribution >= 4 is 28.2 Å². The fourth-order valence-corrected chi connectivity index (χ4v) is 4.39. The van der Waals surface area contributed by atoms with Crippen molar-refractivity contribution < 1.29 is 9.00 Å². The average molecular weight is 299 g/mol. The molecule has 0 aliphatic heterocycles. The van der Waals surface area contributed by atoms with Crippen LogP contribution in [0.3, 0.4) is 0 Å². The maximum absolute atomic E-state index is 12.4. The van der Waals surface area contributed by atoms with Gasteiger partial charge in [0.15, 0.2) is 5.78 Å². The predicted octanol–water partition coefficient (Wildman–Crippen LogP) is 3.99. The first-order valence-electron chi connectivity index (χ1n) is 6.79. The van der Waals surface area contributed by atoms with E-state index in [1.165, 1.54) is 6.42 Å². The zero-order valence-corrected chi connectivity index (χ0v) is 12.7. The smallest absolute Gasteiger partial charge is 0.178 e. The minimum Gasteiger partial charge on any atom is -0.293 e. The third-order valence-electron chi connectivity index (χ3n) is 3.73. The van der Waals surface area contributed by atoms with Crippen LogP contribution in [-0.4, -0.2) is 20.5 Å². The van der Waals surface area contributed by atoms with Gasteiger partial charge in [0.05, 0.1) is 5.25 Å². The topological polar surface area (TPSA) is 34.1 Å². The molecule has 0 spiro atoms. The highest BCUT2D eigenvalue weighted by Gasteiger charge is 2.28. The van der Waals surface area contributed by atoms with Gasteiger partial charge < -0.3 is 0 Å². The third-order valence-corrected chi connectivity index (χ3v) is 6.02. The van der Waals surface area contributed by atoms with E-state index in [0.717, 1.165) is 25.7 Å². The maximum Gasteiger partial charge on any atom is 0.178 e. The minimum atomic E-state index is -1.07. The Morgan fingerprint density at radius 3 is 2.37 bits per heavy atom. The molecule has 0 amide bonds. The Balaban J connectivity index is 2.05. The van der Waals surface area contributed by atoms with Gasteiger partial charge in [0, 0.05) is 26.6 Å². The zero-order chi connectivity index (χ0) is 13.8. The number of benzene rings is 1. The Morgan fingerprint density at radius 1 is 1.21 bits per heavy atom. The second kappa shape index (κ2) is 6.67. The van der Waals surface area contributed by atoms with Crippen molar-refractivity contribution in [2.75, 3.05) is 0 Å². The molecule has 1 aromatic carbocycles. The number of ketones is 1. The van der Waals surface area contributed by atoms with Gasteiger partial charge in [0.1, 0.15) is 0 Å². The van der Waals surface area contributed by atoms with Crippen LogP contribution in [0.2, 0.25) is 5.02 Å². The highest BCUT2D eigenvalue weighted by molar-refractivity contribution is 7.87. The van der Waals surface area contributed by atoms with Crippen LogP contribution in [0.1, 0.15) is 49.4 Å². The lowest BCUT2D eigenvalue weighted by Gasteiger charge is -2.23. The van der Waals surface area contributed by atoms with Gasteiger partial charge in [-0.1, -0.05) is 30.9 Å². The van der Waals surface area contributed by atoms with E-state index < -0.39 is 16.0 Å². The number of carbonyl (C=O) groups excluding carboxylic acids is 1. The molecular formula is C15H19ClO2S. The number of Topliss-reactive ketones (excluding diaryl/α,β-unsaturated/α-hetero) is 1. The molecule has 2 rings (SSSR count). The molecular weight excluding hydrogens is 280 g/mol. The summed E-state index contributed by atoms with van der Waals surface area (Å²) in [5.74, 6) is -0.0411. The molecule has 2 atom stereocenters. The lowest BCUT2D eigenvalue weighted by atomic mass is 10.0. The van der Waals surface area contributed by atoms with Crippen molar-refractivity contribution in [3.63, 3.8) is 0 Å². The number of carbonyl (C=O) groups is 1. The van der Waals surface area contributed by atoms with Crippen LogP contribution in [0.15, 0.2) is 24.3 Å². The number of rotatable bonds is 4. The van der Waals surface area contributed by atoms with E-state index in [9.17, 15) is 9.00 Å². The molecule has 104 valence electrons. The summed E-state index contributed by atoms with van der Waals surface area (Å²) in [5.41, 5.74) is 0.598. The van der Waals surface area contributed by atoms with E-state index in [1.807, 2.05) is 0 Å². The van der Waals surface area contributed by atoms with Crippen molar-refractivity contribution in [2.45, 2.75) is 49.5 Å². The Morgan fingerprint density at radius 2 is 1.79 bits per heavy atom. The standard InChI is InChI=1S/C15H19ClO2S/c1-11(19(18)14-5-3-2-4-6-14)15(17)12-7-9-13(16)10-8-12/h7-11,14H,2-6H2,1H3. The van der Waals surface area contributed by atoms with Gasteiger partial charge in [0.2, 0.25) is 0 Å². The third kappa shape index (κ3) is 3.67. The number of halogens is 1. The van der Waals surface area contributed by atoms with Crippen molar-refractivity contribution in [1.82, 2.24) is 0 Å². The molecule has 4 heteroatoms. The molecule has 0 radical (unpaired) electrons. The second-order valence-electron chi connectivity index (χ2n) is 5.10. The second-order valence-corrected chi connectivity index (χ2v) is 7.57. The first-order chi connectivity index (χ1) is 9.09. The van der Waals surface area contributed by atoms with E-state index in [1.54, 1.807) is 31.2 Å². The van der Waals surface area contributed by atoms with Crippen molar-refractivity contribution in [2.24, 2.45) is 0 Å². The Hall–Kier alpha value is -0.670. The van der Waals surface area contributed by atoms with Crippen LogP contribution in [0.5, 0.6) is 0 Å². The fraction of sp³-hybridized carbons (Fsp3) is 0.533. The van der Waals surface area contributed by atoms with Gasteiger partial charge >= 0.3 is 0 Å². The van der Waals surface area contributed by atoms with E-state index >= 15 is 0 Å². The van der Waals surface area contributed by atoms with E-state index in [2.05, 4.69) is 0 Å². The molecule has 19 heavy (non-hydrogen) atoms. The van der Waals surface area contributed by atoms with Gasteiger partial charge in [0.25, 0.3) is 0 Å². The normalized spacial score (nSPS) is 19.9. The van der Waals surface area contributed by atoms with Gasteiger partial charge in [-0.2, -0.15) is 0 Å². The molecule has 2 unspecified atom stereocenters.